The van der Waals surface area contributed by atoms with E-state index in [-0.39, 0.29) is 10.9 Å². The summed E-state index contributed by atoms with van der Waals surface area (Å²) in [6, 6.07) is 7.05. The summed E-state index contributed by atoms with van der Waals surface area (Å²) in [4.78, 5) is 12.5. The molecule has 0 aliphatic heterocycles. The Labute approximate surface area is 147 Å². The zero-order valence-corrected chi connectivity index (χ0v) is 17.9. The Bertz CT molecular complexity index is 725. The van der Waals surface area contributed by atoms with Crippen molar-refractivity contribution >= 4 is 24.1 Å². The van der Waals surface area contributed by atoms with E-state index in [4.69, 9.17) is 5.14 Å². The van der Waals surface area contributed by atoms with Crippen LogP contribution in [0.15, 0.2) is 33.2 Å². The number of carbonyl (C=O) groups is 1. The molecule has 0 radical (unpaired) electrons. The van der Waals surface area contributed by atoms with Crippen LogP contribution in [0.2, 0.25) is 18.1 Å². The summed E-state index contributed by atoms with van der Waals surface area (Å²) in [6.45, 7) is 14.2. The van der Waals surface area contributed by atoms with E-state index < -0.39 is 23.6 Å². The van der Waals surface area contributed by atoms with Crippen LogP contribution in [0.5, 0.6) is 0 Å². The highest BCUT2D eigenvalue weighted by Crippen LogP contribution is 2.37. The molecule has 1 aromatic carbocycles. The molecular weight excluding hydrogens is 338 g/mol. The Balaban J connectivity index is 3.31. The Morgan fingerprint density at radius 1 is 1.12 bits per heavy atom. The van der Waals surface area contributed by atoms with Crippen LogP contribution >= 0.6 is 0 Å². The molecule has 0 saturated heterocycles. The molecule has 24 heavy (non-hydrogen) atoms. The third kappa shape index (κ3) is 4.26. The number of rotatable bonds is 4. The van der Waals surface area contributed by atoms with E-state index in [1.54, 1.807) is 31.3 Å². The number of amides is 1. The molecule has 0 saturated carbocycles. The molecule has 1 amide bonds. The second-order valence-electron chi connectivity index (χ2n) is 8.20. The van der Waals surface area contributed by atoms with Gasteiger partial charge in [0.1, 0.15) is 9.92 Å². The molecule has 0 aromatic heterocycles. The smallest absolute Gasteiger partial charge is 0.229 e. The molecule has 1 aromatic rings. The van der Waals surface area contributed by atoms with Crippen molar-refractivity contribution in [3.05, 3.63) is 29.8 Å². The monoisotopic (exact) mass is 369 g/mol. The van der Waals surface area contributed by atoms with E-state index in [9.17, 15) is 9.00 Å². The quantitative estimate of drug-likeness (QED) is 0.797. The molecule has 0 heterocycles. The lowest BCUT2D eigenvalue weighted by atomic mass is 9.84. The van der Waals surface area contributed by atoms with Gasteiger partial charge in [-0.1, -0.05) is 32.9 Å². The maximum atomic E-state index is 13.0. The zero-order chi connectivity index (χ0) is 19.0. The van der Waals surface area contributed by atoms with Crippen molar-refractivity contribution in [3.63, 3.8) is 0 Å². The average molecular weight is 370 g/mol. The normalized spacial score (nSPS) is 15.5. The lowest BCUT2D eigenvalue weighted by molar-refractivity contribution is -0.125. The highest BCUT2D eigenvalue weighted by atomic mass is 32.2. The Kier molecular flexibility index (Phi) is 5.75. The summed E-state index contributed by atoms with van der Waals surface area (Å²) in [7, 11) is -3.48. The third-order valence-corrected chi connectivity index (χ3v) is 12.4. The molecule has 0 spiro atoms. The highest BCUT2D eigenvalue weighted by Gasteiger charge is 2.37. The van der Waals surface area contributed by atoms with Gasteiger partial charge in [-0.15, -0.1) is 0 Å². The minimum absolute atomic E-state index is 0.0316. The average Bonchev–Trinajstić information content (AvgIpc) is 2.44. The predicted octanol–water partition coefficient (Wildman–Crippen LogP) is 3.42. The van der Waals surface area contributed by atoms with E-state index >= 15 is 0 Å². The number of nitrogens with two attached hydrogens (primary N) is 1. The summed E-state index contributed by atoms with van der Waals surface area (Å²) in [6.07, 6.45) is 0. The molecule has 3 N–H and O–H groups in total. The summed E-state index contributed by atoms with van der Waals surface area (Å²) >= 11 is 0. The van der Waals surface area contributed by atoms with Gasteiger partial charge in [-0.2, -0.15) is 0 Å². The second kappa shape index (κ2) is 6.61. The molecule has 0 fully saturated rings. The van der Waals surface area contributed by atoms with Crippen molar-refractivity contribution in [3.8, 4) is 0 Å². The van der Waals surface area contributed by atoms with Crippen LogP contribution in [0.25, 0.3) is 0 Å². The molecule has 5 nitrogen and oxygen atoms in total. The minimum atomic E-state index is -2.95. The van der Waals surface area contributed by atoms with Crippen LogP contribution in [0, 0.1) is 0 Å². The lowest BCUT2D eigenvalue weighted by Crippen LogP contribution is -2.38. The molecule has 0 bridgehead atoms. The standard InChI is InChI=1S/C17H31N3O2SSi/c1-16(2,3)24(7,8)20-23(18,22)14-11-9-13(10-12-14)17(4,5)15(21)19-6/h9-12H,1-8H3,(H,19,21)(H2,18,20,22). The summed E-state index contributed by atoms with van der Waals surface area (Å²) in [5.41, 5.74) is 0.174. The van der Waals surface area contributed by atoms with Gasteiger partial charge in [-0.3, -0.25) is 8.82 Å². The first-order valence-corrected chi connectivity index (χ1v) is 12.6. The van der Waals surface area contributed by atoms with Crippen LogP contribution < -0.4 is 10.5 Å². The van der Waals surface area contributed by atoms with Gasteiger partial charge in [0.25, 0.3) is 0 Å². The van der Waals surface area contributed by atoms with Crippen molar-refractivity contribution in [2.24, 2.45) is 9.17 Å². The van der Waals surface area contributed by atoms with Crippen LogP contribution in [0.3, 0.4) is 0 Å². The van der Waals surface area contributed by atoms with Crippen LogP contribution in [0.1, 0.15) is 40.2 Å². The van der Waals surface area contributed by atoms with Crippen molar-refractivity contribution in [2.45, 2.75) is 63.1 Å². The molecule has 7 heteroatoms. The van der Waals surface area contributed by atoms with Crippen molar-refractivity contribution in [1.29, 1.82) is 0 Å². The number of benzene rings is 1. The van der Waals surface area contributed by atoms with E-state index in [1.807, 2.05) is 13.8 Å². The van der Waals surface area contributed by atoms with Gasteiger partial charge >= 0.3 is 0 Å². The fraction of sp³-hybridized carbons (Fsp3) is 0.588. The largest absolute Gasteiger partial charge is 0.358 e. The Hall–Kier alpha value is -1.18. The maximum Gasteiger partial charge on any atom is 0.229 e. The fourth-order valence-corrected chi connectivity index (χ4v) is 6.79. The van der Waals surface area contributed by atoms with Gasteiger partial charge in [-0.25, -0.2) is 9.35 Å². The van der Waals surface area contributed by atoms with Crippen molar-refractivity contribution in [1.82, 2.24) is 5.32 Å². The SMILES string of the molecule is CNC(=O)C(C)(C)c1ccc(S(N)(=O)=N[Si](C)(C)C(C)(C)C)cc1. The molecule has 1 atom stereocenters. The van der Waals surface area contributed by atoms with E-state index in [0.29, 0.717) is 4.90 Å². The van der Waals surface area contributed by atoms with Gasteiger partial charge in [-0.05, 0) is 49.7 Å². The molecule has 0 aliphatic rings. The van der Waals surface area contributed by atoms with E-state index in [0.717, 1.165) is 5.56 Å². The minimum Gasteiger partial charge on any atom is -0.358 e. The zero-order valence-electron chi connectivity index (χ0n) is 16.1. The van der Waals surface area contributed by atoms with Gasteiger partial charge in [0.05, 0.1) is 10.3 Å². The maximum absolute atomic E-state index is 13.0. The Morgan fingerprint density at radius 3 is 1.96 bits per heavy atom. The van der Waals surface area contributed by atoms with Crippen molar-refractivity contribution < 1.29 is 9.00 Å². The summed E-state index contributed by atoms with van der Waals surface area (Å²) < 4.78 is 17.6. The highest BCUT2D eigenvalue weighted by molar-refractivity contribution is 7.92. The number of hydrogen-bond donors (Lipinski definition) is 2. The lowest BCUT2D eigenvalue weighted by Gasteiger charge is -2.32. The molecule has 1 unspecified atom stereocenters. The first-order chi connectivity index (χ1) is 10.6. The van der Waals surface area contributed by atoms with Gasteiger partial charge in [0.2, 0.25) is 5.91 Å². The van der Waals surface area contributed by atoms with Gasteiger partial charge in [0.15, 0.2) is 8.24 Å². The molecule has 1 rings (SSSR count). The van der Waals surface area contributed by atoms with Gasteiger partial charge in [0, 0.05) is 7.05 Å². The molecule has 136 valence electrons. The van der Waals surface area contributed by atoms with Crippen LogP contribution in [-0.2, 0) is 20.1 Å². The topological polar surface area (TPSA) is 84.5 Å². The number of likely N-dealkylation sites (N-methyl/N-ethyl adjacent to an activating group) is 1. The first kappa shape index (κ1) is 20.9. The number of carbonyl (C=O) groups excluding carboxylic acids is 1. The van der Waals surface area contributed by atoms with E-state index in [2.05, 4.69) is 43.2 Å². The van der Waals surface area contributed by atoms with Crippen molar-refractivity contribution in [2.75, 3.05) is 7.05 Å². The molecule has 0 aliphatic carbocycles. The number of hydrogen-bond acceptors (Lipinski definition) is 3. The van der Waals surface area contributed by atoms with Gasteiger partial charge < -0.3 is 5.32 Å². The number of nitrogens with one attached hydrogen (secondary N) is 1. The summed E-state index contributed by atoms with van der Waals surface area (Å²) in [5, 5.41) is 8.71. The van der Waals surface area contributed by atoms with E-state index in [1.165, 1.54) is 0 Å². The summed E-state index contributed by atoms with van der Waals surface area (Å²) in [5.74, 6) is -0.0744. The molecular formula is C17H31N3O2SSi. The second-order valence-corrected chi connectivity index (χ2v) is 15.2. The first-order valence-electron chi connectivity index (χ1n) is 8.04. The fourth-order valence-electron chi connectivity index (χ4n) is 2.04. The van der Waals surface area contributed by atoms with Crippen LogP contribution in [-0.4, -0.2) is 25.4 Å². The predicted molar refractivity (Wildman–Crippen MR) is 104 cm³/mol. The van der Waals surface area contributed by atoms with Crippen LogP contribution in [0.4, 0.5) is 0 Å². The third-order valence-electron chi connectivity index (χ3n) is 4.91. The Morgan fingerprint density at radius 2 is 1.58 bits per heavy atom. The number of nitrogens with zero attached hydrogens (tertiary/aromatic N) is 1.